The molecular formula is C15H18BrN3OS. The lowest BCUT2D eigenvalue weighted by Crippen LogP contribution is -2.28. The Hall–Kier alpha value is -1.24. The second-order valence-corrected chi connectivity index (χ2v) is 7.00. The van der Waals surface area contributed by atoms with Crippen LogP contribution in [0.25, 0.3) is 11.3 Å². The first-order valence-electron chi connectivity index (χ1n) is 6.70. The second-order valence-electron chi connectivity index (χ2n) is 4.88. The van der Waals surface area contributed by atoms with Gasteiger partial charge in [-0.15, -0.1) is 11.3 Å². The molecular weight excluding hydrogens is 350 g/mol. The molecule has 1 aromatic carbocycles. The van der Waals surface area contributed by atoms with Gasteiger partial charge in [0.2, 0.25) is 5.91 Å². The number of carbonyl (C=O) groups excluding carboxylic acids is 1. The van der Waals surface area contributed by atoms with E-state index in [1.54, 1.807) is 0 Å². The molecule has 0 saturated heterocycles. The number of anilines is 1. The average Bonchev–Trinajstić information content (AvgIpc) is 2.80. The van der Waals surface area contributed by atoms with E-state index >= 15 is 0 Å². The molecule has 1 unspecified atom stereocenters. The van der Waals surface area contributed by atoms with Crippen LogP contribution in [-0.2, 0) is 4.79 Å². The summed E-state index contributed by atoms with van der Waals surface area (Å²) in [6.45, 7) is 4.55. The molecule has 1 aromatic heterocycles. The maximum absolute atomic E-state index is 12.0. The van der Waals surface area contributed by atoms with Gasteiger partial charge in [-0.05, 0) is 26.1 Å². The number of aromatic nitrogens is 1. The predicted molar refractivity (Wildman–Crippen MR) is 91.7 cm³/mol. The number of hydrogen-bond acceptors (Lipinski definition) is 4. The van der Waals surface area contributed by atoms with Crippen LogP contribution in [0.15, 0.2) is 28.7 Å². The van der Waals surface area contributed by atoms with E-state index in [9.17, 15) is 4.79 Å². The van der Waals surface area contributed by atoms with Gasteiger partial charge in [0.15, 0.2) is 5.13 Å². The molecule has 0 radical (unpaired) electrons. The van der Waals surface area contributed by atoms with Crippen molar-refractivity contribution in [3.05, 3.63) is 33.6 Å². The zero-order valence-electron chi connectivity index (χ0n) is 12.2. The number of rotatable bonds is 5. The molecule has 1 amide bonds. The Balaban J connectivity index is 2.16. The fourth-order valence-corrected chi connectivity index (χ4v) is 3.06. The van der Waals surface area contributed by atoms with Crippen LogP contribution in [0.1, 0.15) is 11.8 Å². The summed E-state index contributed by atoms with van der Waals surface area (Å²) >= 11 is 4.93. The van der Waals surface area contributed by atoms with Crippen LogP contribution in [0.2, 0.25) is 0 Å². The lowest BCUT2D eigenvalue weighted by Gasteiger charge is -2.09. The Kier molecular flexibility index (Phi) is 5.50. The van der Waals surface area contributed by atoms with Gasteiger partial charge in [0, 0.05) is 27.4 Å². The molecule has 21 heavy (non-hydrogen) atoms. The normalized spacial score (nSPS) is 12.2. The molecule has 2 rings (SSSR count). The van der Waals surface area contributed by atoms with E-state index < -0.39 is 0 Å². The predicted octanol–water partition coefficient (Wildman–Crippen LogP) is 3.68. The van der Waals surface area contributed by atoms with Gasteiger partial charge in [-0.1, -0.05) is 35.0 Å². The molecule has 0 fully saturated rings. The number of nitrogens with zero attached hydrogens (tertiary/aromatic N) is 1. The van der Waals surface area contributed by atoms with Crippen molar-refractivity contribution in [1.82, 2.24) is 10.3 Å². The lowest BCUT2D eigenvalue weighted by atomic mass is 10.1. The van der Waals surface area contributed by atoms with Crippen molar-refractivity contribution in [2.45, 2.75) is 13.8 Å². The van der Waals surface area contributed by atoms with Crippen molar-refractivity contribution in [2.75, 3.05) is 18.9 Å². The molecule has 0 aliphatic carbocycles. The Morgan fingerprint density at radius 2 is 2.05 bits per heavy atom. The Bertz CT molecular complexity index is 624. The minimum absolute atomic E-state index is 0.0135. The number of halogens is 1. The minimum Gasteiger partial charge on any atom is -0.319 e. The van der Waals surface area contributed by atoms with E-state index in [2.05, 4.69) is 31.5 Å². The first kappa shape index (κ1) is 16.1. The first-order valence-corrected chi connectivity index (χ1v) is 8.31. The number of nitrogens with one attached hydrogen (secondary N) is 2. The van der Waals surface area contributed by atoms with Gasteiger partial charge >= 0.3 is 0 Å². The average molecular weight is 368 g/mol. The van der Waals surface area contributed by atoms with Gasteiger partial charge in [-0.2, -0.15) is 0 Å². The number of hydrogen-bond donors (Lipinski definition) is 2. The van der Waals surface area contributed by atoms with Crippen molar-refractivity contribution in [3.8, 4) is 11.3 Å². The number of amides is 1. The van der Waals surface area contributed by atoms with Gasteiger partial charge in [0.25, 0.3) is 0 Å². The summed E-state index contributed by atoms with van der Waals surface area (Å²) in [6, 6.07) is 8.01. The maximum Gasteiger partial charge on any atom is 0.230 e. The summed E-state index contributed by atoms with van der Waals surface area (Å²) in [5.74, 6) is -0.101. The molecule has 4 nitrogen and oxygen atoms in total. The van der Waals surface area contributed by atoms with E-state index in [1.807, 2.05) is 45.2 Å². The summed E-state index contributed by atoms with van der Waals surface area (Å²) < 4.78 is 1.04. The highest BCUT2D eigenvalue weighted by molar-refractivity contribution is 9.10. The van der Waals surface area contributed by atoms with Crippen molar-refractivity contribution >= 4 is 38.3 Å². The van der Waals surface area contributed by atoms with Crippen LogP contribution in [0.3, 0.4) is 0 Å². The third-order valence-corrected chi connectivity index (χ3v) is 4.52. The minimum atomic E-state index is -0.0877. The summed E-state index contributed by atoms with van der Waals surface area (Å²) in [5.41, 5.74) is 1.97. The van der Waals surface area contributed by atoms with E-state index in [1.165, 1.54) is 11.3 Å². The van der Waals surface area contributed by atoms with Crippen LogP contribution >= 0.6 is 27.3 Å². The molecule has 2 N–H and O–H groups in total. The van der Waals surface area contributed by atoms with Gasteiger partial charge in [-0.3, -0.25) is 4.79 Å². The SMILES string of the molecule is CNCC(C)C(=O)Nc1nc(-c2ccc(Br)cc2)c(C)s1. The fourth-order valence-electron chi connectivity index (χ4n) is 1.95. The molecule has 0 spiro atoms. The third-order valence-electron chi connectivity index (χ3n) is 3.10. The molecule has 1 heterocycles. The highest BCUT2D eigenvalue weighted by Gasteiger charge is 2.16. The summed E-state index contributed by atoms with van der Waals surface area (Å²) in [7, 11) is 1.84. The number of aryl methyl sites for hydroxylation is 1. The topological polar surface area (TPSA) is 54.0 Å². The summed E-state index contributed by atoms with van der Waals surface area (Å²) in [6.07, 6.45) is 0. The Morgan fingerprint density at radius 1 is 1.38 bits per heavy atom. The fraction of sp³-hybridized carbons (Fsp3) is 0.333. The van der Waals surface area contributed by atoms with E-state index in [-0.39, 0.29) is 11.8 Å². The van der Waals surface area contributed by atoms with Crippen LogP contribution in [0.5, 0.6) is 0 Å². The van der Waals surface area contributed by atoms with Crippen LogP contribution < -0.4 is 10.6 Å². The highest BCUT2D eigenvalue weighted by atomic mass is 79.9. The molecule has 0 saturated carbocycles. The molecule has 0 aliphatic heterocycles. The quantitative estimate of drug-likeness (QED) is 0.847. The summed E-state index contributed by atoms with van der Waals surface area (Å²) in [5, 5.41) is 6.54. The monoisotopic (exact) mass is 367 g/mol. The molecule has 0 aliphatic rings. The summed E-state index contributed by atoms with van der Waals surface area (Å²) in [4.78, 5) is 17.6. The van der Waals surface area contributed by atoms with Gasteiger partial charge in [-0.25, -0.2) is 4.98 Å². The van der Waals surface area contributed by atoms with Gasteiger partial charge in [0.1, 0.15) is 0 Å². The lowest BCUT2D eigenvalue weighted by molar-refractivity contribution is -0.119. The van der Waals surface area contributed by atoms with E-state index in [0.29, 0.717) is 11.7 Å². The van der Waals surface area contributed by atoms with Crippen LogP contribution in [-0.4, -0.2) is 24.5 Å². The number of carbonyl (C=O) groups is 1. The first-order chi connectivity index (χ1) is 10.0. The van der Waals surface area contributed by atoms with Crippen LogP contribution in [0.4, 0.5) is 5.13 Å². The van der Waals surface area contributed by atoms with Gasteiger partial charge in [0.05, 0.1) is 5.69 Å². The number of benzene rings is 1. The van der Waals surface area contributed by atoms with E-state index in [0.717, 1.165) is 20.6 Å². The Morgan fingerprint density at radius 3 is 2.67 bits per heavy atom. The van der Waals surface area contributed by atoms with Crippen molar-refractivity contribution in [1.29, 1.82) is 0 Å². The zero-order chi connectivity index (χ0) is 15.4. The zero-order valence-corrected chi connectivity index (χ0v) is 14.6. The van der Waals surface area contributed by atoms with Crippen molar-refractivity contribution in [2.24, 2.45) is 5.92 Å². The maximum atomic E-state index is 12.0. The second kappa shape index (κ2) is 7.15. The standard InChI is InChI=1S/C15H18BrN3OS/c1-9(8-17-3)14(20)19-15-18-13(10(2)21-15)11-4-6-12(16)7-5-11/h4-7,9,17H,8H2,1-3H3,(H,18,19,20). The molecule has 0 bridgehead atoms. The van der Waals surface area contributed by atoms with Gasteiger partial charge < -0.3 is 10.6 Å². The largest absolute Gasteiger partial charge is 0.319 e. The Labute approximate surface area is 137 Å². The molecule has 2 aromatic rings. The van der Waals surface area contributed by atoms with Crippen LogP contribution in [0, 0.1) is 12.8 Å². The van der Waals surface area contributed by atoms with Crippen molar-refractivity contribution in [3.63, 3.8) is 0 Å². The smallest absolute Gasteiger partial charge is 0.230 e. The van der Waals surface area contributed by atoms with E-state index in [4.69, 9.17) is 0 Å². The molecule has 6 heteroatoms. The molecule has 112 valence electrons. The van der Waals surface area contributed by atoms with Crippen molar-refractivity contribution < 1.29 is 4.79 Å². The highest BCUT2D eigenvalue weighted by Crippen LogP contribution is 2.31. The number of thiazole rings is 1. The third kappa shape index (κ3) is 4.12. The molecule has 1 atom stereocenters.